The molecule has 0 radical (unpaired) electrons. The Bertz CT molecular complexity index is 649. The van der Waals surface area contributed by atoms with Gasteiger partial charge < -0.3 is 15.0 Å². The Morgan fingerprint density at radius 1 is 1.36 bits per heavy atom. The zero-order valence-corrected chi connectivity index (χ0v) is 14.1. The van der Waals surface area contributed by atoms with E-state index < -0.39 is 12.7 Å². The molecule has 0 spiro atoms. The highest BCUT2D eigenvalue weighted by Gasteiger charge is 2.42. The van der Waals surface area contributed by atoms with E-state index in [9.17, 15) is 18.4 Å². The summed E-state index contributed by atoms with van der Waals surface area (Å²) in [5, 5.41) is 2.90. The monoisotopic (exact) mass is 352 g/mol. The third kappa shape index (κ3) is 4.08. The van der Waals surface area contributed by atoms with Crippen LogP contribution in [0.4, 0.5) is 8.78 Å². The van der Waals surface area contributed by atoms with Crippen molar-refractivity contribution in [2.24, 2.45) is 5.92 Å². The van der Waals surface area contributed by atoms with Crippen molar-refractivity contribution in [3.8, 4) is 5.75 Å². The third-order valence-electron chi connectivity index (χ3n) is 4.75. The maximum absolute atomic E-state index is 12.6. The molecule has 0 unspecified atom stereocenters. The van der Waals surface area contributed by atoms with Crippen LogP contribution in [0.5, 0.6) is 5.75 Å². The molecule has 5 nitrogen and oxygen atoms in total. The van der Waals surface area contributed by atoms with E-state index in [0.717, 1.165) is 12.8 Å². The second-order valence-corrected chi connectivity index (χ2v) is 6.56. The summed E-state index contributed by atoms with van der Waals surface area (Å²) < 4.78 is 29.7. The Hall–Kier alpha value is -2.18. The van der Waals surface area contributed by atoms with Crippen LogP contribution in [0.15, 0.2) is 24.3 Å². The lowest BCUT2D eigenvalue weighted by Crippen LogP contribution is -2.36. The topological polar surface area (TPSA) is 58.6 Å². The van der Waals surface area contributed by atoms with Gasteiger partial charge in [0, 0.05) is 24.6 Å². The molecular formula is C18H22F2N2O3. The lowest BCUT2D eigenvalue weighted by Gasteiger charge is -2.22. The lowest BCUT2D eigenvalue weighted by molar-refractivity contribution is -0.129. The van der Waals surface area contributed by atoms with Crippen LogP contribution in [0, 0.1) is 5.92 Å². The SMILES string of the molecule is CC[C@@H](NC(=O)[C@H]1CC(=O)N(C2CC2)C1)c1ccccc1OC(F)F. The fraction of sp³-hybridized carbons (Fsp3) is 0.556. The van der Waals surface area contributed by atoms with Crippen LogP contribution in [0.25, 0.3) is 0 Å². The van der Waals surface area contributed by atoms with E-state index in [0.29, 0.717) is 24.6 Å². The minimum absolute atomic E-state index is 0.0251. The Kier molecular flexibility index (Phi) is 5.20. The molecule has 1 saturated heterocycles. The van der Waals surface area contributed by atoms with Gasteiger partial charge in [0.15, 0.2) is 0 Å². The molecule has 1 aliphatic carbocycles. The first kappa shape index (κ1) is 17.6. The molecule has 25 heavy (non-hydrogen) atoms. The highest BCUT2D eigenvalue weighted by molar-refractivity contribution is 5.89. The van der Waals surface area contributed by atoms with Crippen LogP contribution < -0.4 is 10.1 Å². The van der Waals surface area contributed by atoms with Crippen LogP contribution in [0.1, 0.15) is 44.2 Å². The molecule has 2 aliphatic rings. The van der Waals surface area contributed by atoms with Crippen LogP contribution in [0.2, 0.25) is 0 Å². The number of benzene rings is 1. The maximum Gasteiger partial charge on any atom is 0.387 e. The molecule has 2 atom stereocenters. The van der Waals surface area contributed by atoms with Crippen molar-refractivity contribution >= 4 is 11.8 Å². The van der Waals surface area contributed by atoms with Crippen LogP contribution in [-0.2, 0) is 9.59 Å². The van der Waals surface area contributed by atoms with Crippen molar-refractivity contribution < 1.29 is 23.1 Å². The van der Waals surface area contributed by atoms with Crippen LogP contribution in [-0.4, -0.2) is 35.9 Å². The summed E-state index contributed by atoms with van der Waals surface area (Å²) in [6, 6.07) is 6.32. The number of para-hydroxylation sites is 1. The summed E-state index contributed by atoms with van der Waals surface area (Å²) in [7, 11) is 0. The number of carbonyl (C=O) groups is 2. The van der Waals surface area contributed by atoms with E-state index in [-0.39, 0.29) is 29.9 Å². The van der Waals surface area contributed by atoms with Gasteiger partial charge in [-0.15, -0.1) is 0 Å². The number of nitrogens with one attached hydrogen (secondary N) is 1. The fourth-order valence-electron chi connectivity index (χ4n) is 3.31. The number of amides is 2. The van der Waals surface area contributed by atoms with Gasteiger partial charge >= 0.3 is 6.61 Å². The van der Waals surface area contributed by atoms with Crippen molar-refractivity contribution in [3.05, 3.63) is 29.8 Å². The number of halogens is 2. The van der Waals surface area contributed by atoms with Gasteiger partial charge in [0.1, 0.15) is 5.75 Å². The Morgan fingerprint density at radius 2 is 2.08 bits per heavy atom. The quantitative estimate of drug-likeness (QED) is 0.821. The highest BCUT2D eigenvalue weighted by Crippen LogP contribution is 2.33. The fourth-order valence-corrected chi connectivity index (χ4v) is 3.31. The van der Waals surface area contributed by atoms with Gasteiger partial charge in [0.25, 0.3) is 0 Å². The van der Waals surface area contributed by atoms with Crippen molar-refractivity contribution in [1.29, 1.82) is 0 Å². The number of hydrogen-bond acceptors (Lipinski definition) is 3. The predicted molar refractivity (Wildman–Crippen MR) is 87.1 cm³/mol. The number of rotatable bonds is 7. The average molecular weight is 352 g/mol. The lowest BCUT2D eigenvalue weighted by atomic mass is 10.0. The first-order valence-corrected chi connectivity index (χ1v) is 8.63. The summed E-state index contributed by atoms with van der Waals surface area (Å²) in [6.07, 6.45) is 2.77. The van der Waals surface area contributed by atoms with E-state index in [4.69, 9.17) is 0 Å². The van der Waals surface area contributed by atoms with E-state index in [2.05, 4.69) is 10.1 Å². The first-order valence-electron chi connectivity index (χ1n) is 8.63. The maximum atomic E-state index is 12.6. The Balaban J connectivity index is 1.68. The van der Waals surface area contributed by atoms with Crippen molar-refractivity contribution in [3.63, 3.8) is 0 Å². The summed E-state index contributed by atoms with van der Waals surface area (Å²) in [5.41, 5.74) is 0.516. The number of hydrogen-bond donors (Lipinski definition) is 1. The number of carbonyl (C=O) groups excluding carboxylic acids is 2. The number of ether oxygens (including phenoxy) is 1. The Morgan fingerprint density at radius 3 is 2.72 bits per heavy atom. The number of alkyl halides is 2. The molecular weight excluding hydrogens is 330 g/mol. The summed E-state index contributed by atoms with van der Waals surface area (Å²) in [6.45, 7) is -0.615. The van der Waals surface area contributed by atoms with Crippen molar-refractivity contribution in [2.45, 2.75) is 51.3 Å². The normalized spacial score (nSPS) is 21.5. The van der Waals surface area contributed by atoms with Crippen LogP contribution >= 0.6 is 0 Å². The summed E-state index contributed by atoms with van der Waals surface area (Å²) in [5.74, 6) is -0.510. The molecule has 1 heterocycles. The molecule has 1 saturated carbocycles. The van der Waals surface area contributed by atoms with Gasteiger partial charge in [0.2, 0.25) is 11.8 Å². The third-order valence-corrected chi connectivity index (χ3v) is 4.75. The molecule has 7 heteroatoms. The van der Waals surface area contributed by atoms with E-state index in [1.165, 1.54) is 6.07 Å². The first-order chi connectivity index (χ1) is 12.0. The minimum atomic E-state index is -2.92. The second-order valence-electron chi connectivity index (χ2n) is 6.56. The van der Waals surface area contributed by atoms with Gasteiger partial charge in [-0.1, -0.05) is 25.1 Å². The zero-order chi connectivity index (χ0) is 18.0. The highest BCUT2D eigenvalue weighted by atomic mass is 19.3. The molecule has 1 aromatic rings. The smallest absolute Gasteiger partial charge is 0.387 e. The molecule has 3 rings (SSSR count). The predicted octanol–water partition coefficient (Wildman–Crippen LogP) is 2.87. The molecule has 1 aliphatic heterocycles. The van der Waals surface area contributed by atoms with E-state index in [1.807, 2.05) is 6.92 Å². The number of nitrogens with zero attached hydrogens (tertiary/aromatic N) is 1. The molecule has 1 N–H and O–H groups in total. The zero-order valence-electron chi connectivity index (χ0n) is 14.1. The van der Waals surface area contributed by atoms with Crippen molar-refractivity contribution in [1.82, 2.24) is 10.2 Å². The standard InChI is InChI=1S/C18H22F2N2O3/c1-2-14(13-5-3-4-6-15(13)25-18(19)20)21-17(24)11-9-16(23)22(10-11)12-7-8-12/h3-6,11-12,14,18H,2,7-10H2,1H3,(H,21,24)/t11-,14+/m0/s1. The molecule has 0 aromatic heterocycles. The average Bonchev–Trinajstić information content (AvgIpc) is 3.34. The molecule has 1 aromatic carbocycles. The van der Waals surface area contributed by atoms with Gasteiger partial charge in [-0.25, -0.2) is 0 Å². The molecule has 2 fully saturated rings. The minimum Gasteiger partial charge on any atom is -0.434 e. The molecule has 136 valence electrons. The van der Waals surface area contributed by atoms with Gasteiger partial charge in [0.05, 0.1) is 12.0 Å². The van der Waals surface area contributed by atoms with Gasteiger partial charge in [-0.05, 0) is 25.3 Å². The van der Waals surface area contributed by atoms with E-state index >= 15 is 0 Å². The van der Waals surface area contributed by atoms with Gasteiger partial charge in [-0.3, -0.25) is 9.59 Å². The Labute approximate surface area is 145 Å². The summed E-state index contributed by atoms with van der Waals surface area (Å²) >= 11 is 0. The number of likely N-dealkylation sites (tertiary alicyclic amines) is 1. The molecule has 2 amide bonds. The van der Waals surface area contributed by atoms with Crippen molar-refractivity contribution in [2.75, 3.05) is 6.54 Å². The summed E-state index contributed by atoms with van der Waals surface area (Å²) in [4.78, 5) is 26.4. The van der Waals surface area contributed by atoms with Crippen LogP contribution in [0.3, 0.4) is 0 Å². The molecule has 0 bridgehead atoms. The second kappa shape index (κ2) is 7.37. The van der Waals surface area contributed by atoms with Gasteiger partial charge in [-0.2, -0.15) is 8.78 Å². The largest absolute Gasteiger partial charge is 0.434 e. The van der Waals surface area contributed by atoms with E-state index in [1.54, 1.807) is 23.1 Å².